The Bertz CT molecular complexity index is 419. The van der Waals surface area contributed by atoms with Crippen LogP contribution in [0.4, 0.5) is 0 Å². The molecule has 2 N–H and O–H groups in total. The summed E-state index contributed by atoms with van der Waals surface area (Å²) in [5, 5.41) is 0. The van der Waals surface area contributed by atoms with Gasteiger partial charge in [0.05, 0.1) is 7.11 Å². The average molecular weight is 261 g/mol. The van der Waals surface area contributed by atoms with Crippen molar-refractivity contribution >= 4 is 0 Å². The van der Waals surface area contributed by atoms with E-state index in [-0.39, 0.29) is 0 Å². The zero-order valence-electron chi connectivity index (χ0n) is 12.5. The quantitative estimate of drug-likeness (QED) is 0.873. The van der Waals surface area contributed by atoms with Gasteiger partial charge in [-0.25, -0.2) is 0 Å². The van der Waals surface area contributed by atoms with E-state index in [4.69, 9.17) is 10.5 Å². The Morgan fingerprint density at radius 1 is 1.26 bits per heavy atom. The maximum absolute atomic E-state index is 6.05. The molecule has 1 aromatic carbocycles. The Kier molecular flexibility index (Phi) is 4.51. The van der Waals surface area contributed by atoms with Crippen molar-refractivity contribution in [3.05, 3.63) is 29.3 Å². The zero-order chi connectivity index (χ0) is 13.9. The van der Waals surface area contributed by atoms with Gasteiger partial charge in [0.15, 0.2) is 0 Å². The predicted octanol–water partition coefficient (Wildman–Crippen LogP) is 3.88. The number of benzene rings is 1. The molecule has 0 amide bonds. The molecule has 1 aliphatic rings. The van der Waals surface area contributed by atoms with E-state index in [0.29, 0.717) is 11.3 Å². The number of hydrogen-bond donors (Lipinski definition) is 1. The van der Waals surface area contributed by atoms with Crippen molar-refractivity contribution < 1.29 is 4.74 Å². The van der Waals surface area contributed by atoms with Gasteiger partial charge >= 0.3 is 0 Å². The second-order valence-corrected chi connectivity index (χ2v) is 6.32. The van der Waals surface area contributed by atoms with Crippen LogP contribution in [0.5, 0.6) is 5.75 Å². The summed E-state index contributed by atoms with van der Waals surface area (Å²) in [6.07, 6.45) is 6.36. The first kappa shape index (κ1) is 14.4. The van der Waals surface area contributed by atoms with Crippen molar-refractivity contribution in [3.63, 3.8) is 0 Å². The van der Waals surface area contributed by atoms with Crippen molar-refractivity contribution in [2.45, 2.75) is 51.9 Å². The zero-order valence-corrected chi connectivity index (χ0v) is 12.5. The average Bonchev–Trinajstić information content (AvgIpc) is 2.87. The first-order valence-corrected chi connectivity index (χ1v) is 7.47. The van der Waals surface area contributed by atoms with Crippen molar-refractivity contribution in [1.29, 1.82) is 0 Å². The van der Waals surface area contributed by atoms with E-state index in [2.05, 4.69) is 32.0 Å². The summed E-state index contributed by atoms with van der Waals surface area (Å²) in [4.78, 5) is 0. The Hall–Kier alpha value is -1.02. The minimum atomic E-state index is 0.350. The van der Waals surface area contributed by atoms with Crippen molar-refractivity contribution in [1.82, 2.24) is 0 Å². The highest BCUT2D eigenvalue weighted by molar-refractivity contribution is 5.39. The van der Waals surface area contributed by atoms with Gasteiger partial charge in [-0.05, 0) is 54.3 Å². The molecule has 0 bridgehead atoms. The first-order valence-electron chi connectivity index (χ1n) is 7.47. The highest BCUT2D eigenvalue weighted by Crippen LogP contribution is 2.40. The maximum atomic E-state index is 6.05. The molecule has 0 unspecified atom stereocenters. The molecule has 2 nitrogen and oxygen atoms in total. The monoisotopic (exact) mass is 261 g/mol. The van der Waals surface area contributed by atoms with Gasteiger partial charge in [-0.3, -0.25) is 0 Å². The molecule has 0 spiro atoms. The van der Waals surface area contributed by atoms with Crippen LogP contribution in [-0.4, -0.2) is 13.7 Å². The van der Waals surface area contributed by atoms with Gasteiger partial charge in [0.25, 0.3) is 0 Å². The molecule has 106 valence electrons. The number of rotatable bonds is 5. The summed E-state index contributed by atoms with van der Waals surface area (Å²) in [5.41, 5.74) is 9.12. The lowest BCUT2D eigenvalue weighted by Crippen LogP contribution is -2.29. The lowest BCUT2D eigenvalue weighted by atomic mass is 9.79. The summed E-state index contributed by atoms with van der Waals surface area (Å²) in [5.74, 6) is 1.50. The fraction of sp³-hybridized carbons (Fsp3) is 0.647. The molecule has 0 radical (unpaired) electrons. The molecule has 0 atom stereocenters. The van der Waals surface area contributed by atoms with Crippen LogP contribution in [0.15, 0.2) is 18.2 Å². The van der Waals surface area contributed by atoms with E-state index in [1.54, 1.807) is 7.11 Å². The fourth-order valence-corrected chi connectivity index (χ4v) is 3.36. The molecule has 2 heteroatoms. The number of ether oxygens (including phenoxy) is 1. The van der Waals surface area contributed by atoms with E-state index in [1.165, 1.54) is 36.8 Å². The number of methoxy groups -OCH3 is 1. The number of nitrogens with two attached hydrogens (primary N) is 1. The van der Waals surface area contributed by atoms with Crippen LogP contribution in [0, 0.1) is 5.41 Å². The van der Waals surface area contributed by atoms with Gasteiger partial charge in [-0.15, -0.1) is 0 Å². The molecule has 2 rings (SSSR count). The van der Waals surface area contributed by atoms with E-state index >= 15 is 0 Å². The first-order chi connectivity index (χ1) is 9.10. The minimum Gasteiger partial charge on any atom is -0.496 e. The molecule has 0 aromatic heterocycles. The summed E-state index contributed by atoms with van der Waals surface area (Å²) >= 11 is 0. The minimum absolute atomic E-state index is 0.350. The van der Waals surface area contributed by atoms with E-state index in [0.717, 1.165) is 18.7 Å². The molecule has 1 fully saturated rings. The highest BCUT2D eigenvalue weighted by atomic mass is 16.5. The van der Waals surface area contributed by atoms with Crippen LogP contribution in [-0.2, 0) is 6.42 Å². The molecule has 0 saturated heterocycles. The van der Waals surface area contributed by atoms with Gasteiger partial charge in [-0.1, -0.05) is 38.8 Å². The Labute approximate surface area is 117 Å². The van der Waals surface area contributed by atoms with Gasteiger partial charge in [-0.2, -0.15) is 0 Å². The second kappa shape index (κ2) is 5.96. The highest BCUT2D eigenvalue weighted by Gasteiger charge is 2.32. The third-order valence-corrected chi connectivity index (χ3v) is 4.59. The van der Waals surface area contributed by atoms with Crippen LogP contribution < -0.4 is 10.5 Å². The molecule has 19 heavy (non-hydrogen) atoms. The van der Waals surface area contributed by atoms with Gasteiger partial charge in [0.1, 0.15) is 5.75 Å². The SMILES string of the molecule is COc1ccc(CC2(CN)CCCC2)cc1C(C)C. The molecule has 1 aromatic rings. The van der Waals surface area contributed by atoms with Crippen LogP contribution in [0.2, 0.25) is 0 Å². The maximum Gasteiger partial charge on any atom is 0.122 e. The van der Waals surface area contributed by atoms with E-state index in [1.807, 2.05) is 0 Å². The van der Waals surface area contributed by atoms with Gasteiger partial charge in [0.2, 0.25) is 0 Å². The number of hydrogen-bond acceptors (Lipinski definition) is 2. The molecular formula is C17H27NO. The molecular weight excluding hydrogens is 234 g/mol. The molecule has 1 aliphatic carbocycles. The summed E-state index contributed by atoms with van der Waals surface area (Å²) < 4.78 is 5.46. The van der Waals surface area contributed by atoms with Crippen LogP contribution >= 0.6 is 0 Å². The summed E-state index contributed by atoms with van der Waals surface area (Å²) in [7, 11) is 1.75. The van der Waals surface area contributed by atoms with Crippen molar-refractivity contribution in [3.8, 4) is 5.75 Å². The largest absolute Gasteiger partial charge is 0.496 e. The van der Waals surface area contributed by atoms with Gasteiger partial charge < -0.3 is 10.5 Å². The second-order valence-electron chi connectivity index (χ2n) is 6.32. The lowest BCUT2D eigenvalue weighted by molar-refractivity contribution is 0.306. The third-order valence-electron chi connectivity index (χ3n) is 4.59. The smallest absolute Gasteiger partial charge is 0.122 e. The lowest BCUT2D eigenvalue weighted by Gasteiger charge is -2.28. The van der Waals surface area contributed by atoms with Crippen molar-refractivity contribution in [2.75, 3.05) is 13.7 Å². The van der Waals surface area contributed by atoms with Crippen LogP contribution in [0.3, 0.4) is 0 Å². The molecule has 0 heterocycles. The topological polar surface area (TPSA) is 35.2 Å². The molecule has 1 saturated carbocycles. The predicted molar refractivity (Wildman–Crippen MR) is 80.7 cm³/mol. The Morgan fingerprint density at radius 3 is 2.47 bits per heavy atom. The van der Waals surface area contributed by atoms with Crippen LogP contribution in [0.25, 0.3) is 0 Å². The summed E-state index contributed by atoms with van der Waals surface area (Å²) in [6.45, 7) is 5.25. The van der Waals surface area contributed by atoms with E-state index < -0.39 is 0 Å². The normalized spacial score (nSPS) is 17.9. The third kappa shape index (κ3) is 3.11. The van der Waals surface area contributed by atoms with Crippen LogP contribution in [0.1, 0.15) is 56.6 Å². The Morgan fingerprint density at radius 2 is 1.95 bits per heavy atom. The Balaban J connectivity index is 2.23. The van der Waals surface area contributed by atoms with E-state index in [9.17, 15) is 0 Å². The van der Waals surface area contributed by atoms with Gasteiger partial charge in [0, 0.05) is 0 Å². The molecule has 0 aliphatic heterocycles. The standard InChI is InChI=1S/C17H27NO/c1-13(2)15-10-14(6-7-16(15)19-3)11-17(12-18)8-4-5-9-17/h6-7,10,13H,4-5,8-9,11-12,18H2,1-3H3. The fourth-order valence-electron chi connectivity index (χ4n) is 3.36. The summed E-state index contributed by atoms with van der Waals surface area (Å²) in [6, 6.07) is 6.64. The van der Waals surface area contributed by atoms with Crippen molar-refractivity contribution in [2.24, 2.45) is 11.1 Å².